The van der Waals surface area contributed by atoms with Crippen molar-refractivity contribution in [2.75, 3.05) is 0 Å². The number of hydrogen-bond donors (Lipinski definition) is 0. The van der Waals surface area contributed by atoms with Gasteiger partial charge in [0, 0.05) is 9.89 Å². The van der Waals surface area contributed by atoms with E-state index in [0.29, 0.717) is 0 Å². The Morgan fingerprint density at radius 2 is 1.55 bits per heavy atom. The lowest BCUT2D eigenvalue weighted by Gasteiger charge is -2.21. The first-order valence-electron chi connectivity index (χ1n) is 6.91. The minimum atomic E-state index is 0.0905. The van der Waals surface area contributed by atoms with Crippen molar-refractivity contribution in [2.45, 2.75) is 19.3 Å². The third kappa shape index (κ3) is 1.53. The van der Waals surface area contributed by atoms with Crippen molar-refractivity contribution in [1.82, 2.24) is 0 Å². The second-order valence-electron chi connectivity index (χ2n) is 6.06. The lowest BCUT2D eigenvalue weighted by atomic mass is 9.82. The van der Waals surface area contributed by atoms with Gasteiger partial charge in [-0.3, -0.25) is 0 Å². The van der Waals surface area contributed by atoms with Gasteiger partial charge in [-0.25, -0.2) is 0 Å². The smallest absolute Gasteiger partial charge is 0.0181 e. The van der Waals surface area contributed by atoms with Crippen LogP contribution in [0.25, 0.3) is 21.9 Å². The number of hydrogen-bond acceptors (Lipinski definition) is 0. The van der Waals surface area contributed by atoms with Crippen molar-refractivity contribution in [3.8, 4) is 11.1 Å². The van der Waals surface area contributed by atoms with Crippen molar-refractivity contribution in [2.24, 2.45) is 0 Å². The van der Waals surface area contributed by atoms with Crippen LogP contribution in [0.1, 0.15) is 25.0 Å². The van der Waals surface area contributed by atoms with Crippen LogP contribution in [0.3, 0.4) is 0 Å². The molecule has 1 heteroatoms. The number of benzene rings is 3. The standard InChI is InChI=1S/C19H15Br/c1-19(2)17-6-4-3-5-15(17)16-10-13-9-14(20)8-7-12(13)11-18(16)19/h3-11H,1-2H3. The average Bonchev–Trinajstić information content (AvgIpc) is 2.66. The summed E-state index contributed by atoms with van der Waals surface area (Å²) < 4.78 is 1.13. The van der Waals surface area contributed by atoms with Crippen molar-refractivity contribution in [3.63, 3.8) is 0 Å². The highest BCUT2D eigenvalue weighted by molar-refractivity contribution is 9.10. The second-order valence-corrected chi connectivity index (χ2v) is 6.98. The zero-order valence-electron chi connectivity index (χ0n) is 11.6. The molecular formula is C19H15Br. The first-order valence-corrected chi connectivity index (χ1v) is 7.70. The molecule has 0 saturated heterocycles. The van der Waals surface area contributed by atoms with Gasteiger partial charge < -0.3 is 0 Å². The fraction of sp³-hybridized carbons (Fsp3) is 0.158. The summed E-state index contributed by atoms with van der Waals surface area (Å²) in [5, 5.41) is 2.61. The maximum absolute atomic E-state index is 3.57. The van der Waals surface area contributed by atoms with Crippen molar-refractivity contribution in [1.29, 1.82) is 0 Å². The molecule has 0 nitrogen and oxygen atoms in total. The average molecular weight is 323 g/mol. The van der Waals surface area contributed by atoms with Crippen LogP contribution in [0.2, 0.25) is 0 Å². The van der Waals surface area contributed by atoms with E-state index in [1.54, 1.807) is 0 Å². The Balaban J connectivity index is 2.12. The van der Waals surface area contributed by atoms with Crippen molar-refractivity contribution < 1.29 is 0 Å². The van der Waals surface area contributed by atoms with Gasteiger partial charge in [-0.15, -0.1) is 0 Å². The summed E-state index contributed by atoms with van der Waals surface area (Å²) in [5.41, 5.74) is 5.73. The van der Waals surface area contributed by atoms with Crippen LogP contribution < -0.4 is 0 Å². The molecule has 0 N–H and O–H groups in total. The van der Waals surface area contributed by atoms with Gasteiger partial charge >= 0.3 is 0 Å². The van der Waals surface area contributed by atoms with Crippen molar-refractivity contribution >= 4 is 26.7 Å². The minimum absolute atomic E-state index is 0.0905. The number of rotatable bonds is 0. The quantitative estimate of drug-likeness (QED) is 0.482. The molecule has 20 heavy (non-hydrogen) atoms. The van der Waals surface area contributed by atoms with E-state index in [1.165, 1.54) is 33.0 Å². The molecule has 0 atom stereocenters. The first kappa shape index (κ1) is 12.2. The molecule has 0 bridgehead atoms. The molecule has 0 amide bonds. The molecule has 0 aromatic heterocycles. The third-order valence-corrected chi connectivity index (χ3v) is 5.00. The summed E-state index contributed by atoms with van der Waals surface area (Å²) in [6.45, 7) is 4.64. The Bertz CT molecular complexity index is 844. The van der Waals surface area contributed by atoms with Gasteiger partial charge in [0.1, 0.15) is 0 Å². The molecule has 1 aliphatic carbocycles. The molecule has 98 valence electrons. The maximum Gasteiger partial charge on any atom is 0.0181 e. The zero-order valence-corrected chi connectivity index (χ0v) is 13.2. The summed E-state index contributed by atoms with van der Waals surface area (Å²) in [5.74, 6) is 0. The molecule has 0 fully saturated rings. The second kappa shape index (κ2) is 3.95. The molecule has 4 rings (SSSR count). The third-order valence-electron chi connectivity index (χ3n) is 4.50. The van der Waals surface area contributed by atoms with Gasteiger partial charge in [0.2, 0.25) is 0 Å². The molecular weight excluding hydrogens is 308 g/mol. The Labute approximate surface area is 127 Å². The van der Waals surface area contributed by atoms with Gasteiger partial charge in [-0.1, -0.05) is 60.1 Å². The molecule has 0 aliphatic heterocycles. The molecule has 1 aliphatic rings. The minimum Gasteiger partial charge on any atom is -0.0619 e. The van der Waals surface area contributed by atoms with Crippen LogP contribution in [0, 0.1) is 0 Å². The molecule has 3 aromatic carbocycles. The summed E-state index contributed by atoms with van der Waals surface area (Å²) in [6.07, 6.45) is 0. The summed E-state index contributed by atoms with van der Waals surface area (Å²) in [7, 11) is 0. The van der Waals surface area contributed by atoms with Gasteiger partial charge in [0.15, 0.2) is 0 Å². The predicted molar refractivity (Wildman–Crippen MR) is 89.2 cm³/mol. The van der Waals surface area contributed by atoms with Crippen LogP contribution in [-0.2, 0) is 5.41 Å². The summed E-state index contributed by atoms with van der Waals surface area (Å²) in [6, 6.07) is 20.0. The van der Waals surface area contributed by atoms with Crippen molar-refractivity contribution in [3.05, 3.63) is 70.2 Å². The summed E-state index contributed by atoms with van der Waals surface area (Å²) >= 11 is 3.57. The highest BCUT2D eigenvalue weighted by Gasteiger charge is 2.35. The van der Waals surface area contributed by atoms with Crippen LogP contribution in [0.15, 0.2) is 59.1 Å². The highest BCUT2D eigenvalue weighted by atomic mass is 79.9. The predicted octanol–water partition coefficient (Wildman–Crippen LogP) is 5.91. The SMILES string of the molecule is CC1(C)c2ccccc2-c2cc3cc(Br)ccc3cc21. The van der Waals surface area contributed by atoms with Crippen LogP contribution >= 0.6 is 15.9 Å². The molecule has 0 spiro atoms. The Kier molecular flexibility index (Phi) is 2.41. The fourth-order valence-electron chi connectivity index (χ4n) is 3.42. The van der Waals surface area contributed by atoms with Crippen LogP contribution in [0.4, 0.5) is 0 Å². The van der Waals surface area contributed by atoms with E-state index >= 15 is 0 Å². The van der Waals surface area contributed by atoms with Gasteiger partial charge in [-0.2, -0.15) is 0 Å². The van der Waals surface area contributed by atoms with Gasteiger partial charge in [-0.05, 0) is 57.3 Å². The van der Waals surface area contributed by atoms with E-state index in [9.17, 15) is 0 Å². The highest BCUT2D eigenvalue weighted by Crippen LogP contribution is 2.49. The van der Waals surface area contributed by atoms with E-state index < -0.39 is 0 Å². The largest absolute Gasteiger partial charge is 0.0619 e. The number of fused-ring (bicyclic) bond motifs is 4. The molecule has 0 unspecified atom stereocenters. The van der Waals surface area contributed by atoms with E-state index in [0.717, 1.165) is 4.47 Å². The van der Waals surface area contributed by atoms with E-state index in [4.69, 9.17) is 0 Å². The Morgan fingerprint density at radius 1 is 0.750 bits per heavy atom. The van der Waals surface area contributed by atoms with Gasteiger partial charge in [0.25, 0.3) is 0 Å². The lowest BCUT2D eigenvalue weighted by molar-refractivity contribution is 0.661. The Hall–Kier alpha value is -1.60. The zero-order chi connectivity index (χ0) is 13.9. The topological polar surface area (TPSA) is 0 Å². The monoisotopic (exact) mass is 322 g/mol. The molecule has 0 saturated carbocycles. The normalized spacial score (nSPS) is 15.2. The molecule has 3 aromatic rings. The first-order chi connectivity index (χ1) is 9.57. The maximum atomic E-state index is 3.57. The Morgan fingerprint density at radius 3 is 2.40 bits per heavy atom. The molecule has 0 heterocycles. The van der Waals surface area contributed by atoms with Crippen LogP contribution in [-0.4, -0.2) is 0 Å². The van der Waals surface area contributed by atoms with E-state index in [2.05, 4.69) is 84.4 Å². The van der Waals surface area contributed by atoms with E-state index in [1.807, 2.05) is 0 Å². The van der Waals surface area contributed by atoms with Crippen LogP contribution in [0.5, 0.6) is 0 Å². The van der Waals surface area contributed by atoms with E-state index in [-0.39, 0.29) is 5.41 Å². The summed E-state index contributed by atoms with van der Waals surface area (Å²) in [4.78, 5) is 0. The fourth-order valence-corrected chi connectivity index (χ4v) is 3.80. The van der Waals surface area contributed by atoms with Gasteiger partial charge in [0.05, 0.1) is 0 Å². The number of halogens is 1. The molecule has 0 radical (unpaired) electrons. The lowest BCUT2D eigenvalue weighted by Crippen LogP contribution is -2.14.